The number of benzene rings is 4. The lowest BCUT2D eigenvalue weighted by molar-refractivity contribution is -0.221. The molecule has 0 saturated heterocycles. The van der Waals surface area contributed by atoms with E-state index in [1.54, 1.807) is 32.9 Å². The average molecular weight is 709 g/mol. The molecule has 7 rings (SSSR count). The van der Waals surface area contributed by atoms with Gasteiger partial charge in [0.15, 0.2) is 5.78 Å². The molecule has 4 aromatic rings. The van der Waals surface area contributed by atoms with Gasteiger partial charge in [0, 0.05) is 54.0 Å². The quantitative estimate of drug-likeness (QED) is 0.0824. The van der Waals surface area contributed by atoms with E-state index in [0.717, 1.165) is 23.8 Å². The van der Waals surface area contributed by atoms with Gasteiger partial charge in [0.25, 0.3) is 5.79 Å². The van der Waals surface area contributed by atoms with Crippen LogP contribution >= 0.6 is 0 Å². The molecule has 268 valence electrons. The van der Waals surface area contributed by atoms with E-state index in [-0.39, 0.29) is 69.6 Å². The third-order valence-electron chi connectivity index (χ3n) is 10.2. The second kappa shape index (κ2) is 12.0. The van der Waals surface area contributed by atoms with E-state index in [4.69, 9.17) is 9.47 Å². The minimum absolute atomic E-state index is 0.0310. The number of ether oxygens (including phenoxy) is 2. The van der Waals surface area contributed by atoms with Crippen LogP contribution in [0.1, 0.15) is 82.9 Å². The molecule has 2 unspecified atom stereocenters. The lowest BCUT2D eigenvalue weighted by Crippen LogP contribution is -2.62. The van der Waals surface area contributed by atoms with Gasteiger partial charge in [-0.1, -0.05) is 29.4 Å². The summed E-state index contributed by atoms with van der Waals surface area (Å²) in [5.74, 6) is -10.6. The molecule has 12 nitrogen and oxygen atoms in total. The Kier molecular flexibility index (Phi) is 7.91. The van der Waals surface area contributed by atoms with Crippen LogP contribution in [0, 0.1) is 5.92 Å². The molecule has 5 atom stereocenters. The van der Waals surface area contributed by atoms with Crippen molar-refractivity contribution in [3.05, 3.63) is 112 Å². The Hall–Kier alpha value is -6.14. The van der Waals surface area contributed by atoms with Crippen LogP contribution in [0.3, 0.4) is 0 Å². The standard InChI is InChI=1S/C40H36O12/c1-18(2)10-11-39-38(49)35-32(52-40(39,50)27-9-6-22(43)16-31(27)51-39)17-30(46)34(37(35)48)26-13-19(3)12-25(23-7-4-20(41)14-28(23)44)33(26)36(47)24-8-5-21(42)15-29(24)45/h4-10,13-17,25-26,33,41-46,48,50H,11-12H2,1-3H3/t25-,26+,33-,39?,40?/m1/s1. The van der Waals surface area contributed by atoms with Gasteiger partial charge in [-0.3, -0.25) is 9.59 Å². The minimum atomic E-state index is -2.45. The first-order chi connectivity index (χ1) is 24.6. The molecule has 2 aliphatic heterocycles. The van der Waals surface area contributed by atoms with Crippen molar-refractivity contribution in [1.29, 1.82) is 0 Å². The summed E-state index contributed by atoms with van der Waals surface area (Å²) in [6.07, 6.45) is 3.28. The van der Waals surface area contributed by atoms with Crippen molar-refractivity contribution in [2.24, 2.45) is 5.92 Å². The summed E-state index contributed by atoms with van der Waals surface area (Å²) in [7, 11) is 0. The third kappa shape index (κ3) is 5.09. The fourth-order valence-corrected chi connectivity index (χ4v) is 7.81. The molecule has 3 aliphatic rings. The van der Waals surface area contributed by atoms with Crippen LogP contribution < -0.4 is 9.47 Å². The van der Waals surface area contributed by atoms with Gasteiger partial charge in [-0.25, -0.2) is 0 Å². The maximum atomic E-state index is 14.8. The highest BCUT2D eigenvalue weighted by Gasteiger charge is 2.70. The molecular weight excluding hydrogens is 672 g/mol. The van der Waals surface area contributed by atoms with Crippen LogP contribution in [0.5, 0.6) is 51.7 Å². The molecule has 52 heavy (non-hydrogen) atoms. The number of rotatable bonds is 6. The number of aromatic hydroxyl groups is 7. The van der Waals surface area contributed by atoms with Gasteiger partial charge in [0.2, 0.25) is 11.4 Å². The van der Waals surface area contributed by atoms with Crippen molar-refractivity contribution in [1.82, 2.24) is 0 Å². The Balaban J connectivity index is 1.44. The van der Waals surface area contributed by atoms with Crippen molar-refractivity contribution in [3.63, 3.8) is 0 Å². The van der Waals surface area contributed by atoms with Crippen molar-refractivity contribution >= 4 is 11.6 Å². The van der Waals surface area contributed by atoms with Crippen LogP contribution in [0.2, 0.25) is 0 Å². The van der Waals surface area contributed by atoms with E-state index in [1.165, 1.54) is 42.5 Å². The number of Topliss-reactive ketones (excluding diaryl/α,β-unsaturated/α-hetero) is 2. The van der Waals surface area contributed by atoms with Crippen LogP contribution in [-0.2, 0) is 5.79 Å². The molecule has 8 N–H and O–H groups in total. The van der Waals surface area contributed by atoms with Crippen LogP contribution in [-0.4, -0.2) is 58.0 Å². The average Bonchev–Trinajstić information content (AvgIpc) is 3.30. The summed E-state index contributed by atoms with van der Waals surface area (Å²) in [4.78, 5) is 29.4. The first-order valence-electron chi connectivity index (χ1n) is 16.5. The van der Waals surface area contributed by atoms with E-state index in [0.29, 0.717) is 5.57 Å². The normalized spacial score (nSPS) is 24.4. The summed E-state index contributed by atoms with van der Waals surface area (Å²) in [6.45, 7) is 5.31. The Bertz CT molecular complexity index is 2250. The fourth-order valence-electron chi connectivity index (χ4n) is 7.81. The number of carbonyl (C=O) groups is 2. The van der Waals surface area contributed by atoms with E-state index < -0.39 is 63.5 Å². The molecule has 0 spiro atoms. The Morgan fingerprint density at radius 3 is 2.15 bits per heavy atom. The molecule has 2 heterocycles. The predicted molar refractivity (Wildman–Crippen MR) is 185 cm³/mol. The van der Waals surface area contributed by atoms with Crippen LogP contribution in [0.4, 0.5) is 0 Å². The van der Waals surface area contributed by atoms with E-state index in [2.05, 4.69) is 0 Å². The number of phenols is 7. The monoisotopic (exact) mass is 708 g/mol. The van der Waals surface area contributed by atoms with Gasteiger partial charge in [-0.05, 0) is 63.1 Å². The number of phenolic OH excluding ortho intramolecular Hbond substituents is 7. The van der Waals surface area contributed by atoms with Crippen molar-refractivity contribution in [2.75, 3.05) is 0 Å². The number of fused-ring (bicyclic) bond motifs is 4. The third-order valence-corrected chi connectivity index (χ3v) is 10.2. The van der Waals surface area contributed by atoms with E-state index in [1.807, 2.05) is 0 Å². The number of hydrogen-bond donors (Lipinski definition) is 8. The summed E-state index contributed by atoms with van der Waals surface area (Å²) >= 11 is 0. The number of aliphatic hydroxyl groups is 1. The SMILES string of the molecule is CC(C)=CCC12Oc3cc(O)ccc3C1(O)Oc1cc(O)c([C@H]3C=C(C)C[C@H](c4ccc(O)cc4O)[C@H]3C(=O)c3ccc(O)cc3O)c(O)c1C2=O. The fraction of sp³-hybridized carbons (Fsp3) is 0.250. The first-order valence-corrected chi connectivity index (χ1v) is 16.5. The highest BCUT2D eigenvalue weighted by Crippen LogP contribution is 2.60. The maximum absolute atomic E-state index is 14.8. The highest BCUT2D eigenvalue weighted by atomic mass is 16.7. The van der Waals surface area contributed by atoms with Gasteiger partial charge < -0.3 is 50.3 Å². The van der Waals surface area contributed by atoms with E-state index in [9.17, 15) is 50.4 Å². The first kappa shape index (κ1) is 34.3. The Morgan fingerprint density at radius 2 is 1.48 bits per heavy atom. The summed E-state index contributed by atoms with van der Waals surface area (Å²) in [5.41, 5.74) is -1.30. The van der Waals surface area contributed by atoms with Gasteiger partial charge in [0.05, 0.1) is 11.1 Å². The van der Waals surface area contributed by atoms with Crippen LogP contribution in [0.15, 0.2) is 84.0 Å². The minimum Gasteiger partial charge on any atom is -0.508 e. The van der Waals surface area contributed by atoms with Gasteiger partial charge >= 0.3 is 0 Å². The highest BCUT2D eigenvalue weighted by molar-refractivity contribution is 6.10. The molecule has 4 aromatic carbocycles. The number of carbonyl (C=O) groups excluding carboxylic acids is 2. The largest absolute Gasteiger partial charge is 0.508 e. The second-order valence-electron chi connectivity index (χ2n) is 13.9. The topological polar surface area (TPSA) is 214 Å². The summed E-state index contributed by atoms with van der Waals surface area (Å²) in [5, 5.41) is 87.9. The summed E-state index contributed by atoms with van der Waals surface area (Å²) in [6, 6.07) is 12.3. The van der Waals surface area contributed by atoms with Gasteiger partial charge in [0.1, 0.15) is 57.3 Å². The molecule has 0 aromatic heterocycles. The lowest BCUT2D eigenvalue weighted by atomic mass is 9.65. The zero-order valence-electron chi connectivity index (χ0n) is 28.3. The molecule has 12 heteroatoms. The van der Waals surface area contributed by atoms with Crippen molar-refractivity contribution in [2.45, 2.75) is 56.8 Å². The Labute approximate surface area is 297 Å². The second-order valence-corrected chi connectivity index (χ2v) is 13.9. The lowest BCUT2D eigenvalue weighted by Gasteiger charge is -2.43. The van der Waals surface area contributed by atoms with Crippen molar-refractivity contribution < 1.29 is 59.9 Å². The predicted octanol–water partition coefficient (Wildman–Crippen LogP) is 6.25. The van der Waals surface area contributed by atoms with Gasteiger partial charge in [-0.15, -0.1) is 0 Å². The molecule has 1 aliphatic carbocycles. The zero-order chi connectivity index (χ0) is 37.4. The van der Waals surface area contributed by atoms with Crippen LogP contribution in [0.25, 0.3) is 0 Å². The summed E-state index contributed by atoms with van der Waals surface area (Å²) < 4.78 is 12.3. The van der Waals surface area contributed by atoms with Gasteiger partial charge in [-0.2, -0.15) is 0 Å². The molecule has 0 amide bonds. The molecule has 0 radical (unpaired) electrons. The molecule has 0 bridgehead atoms. The smallest absolute Gasteiger partial charge is 0.286 e. The Morgan fingerprint density at radius 1 is 0.827 bits per heavy atom. The molecular formula is C40H36O12. The zero-order valence-corrected chi connectivity index (χ0v) is 28.3. The number of ketones is 2. The number of hydrogen-bond acceptors (Lipinski definition) is 12. The maximum Gasteiger partial charge on any atom is 0.286 e. The van der Waals surface area contributed by atoms with E-state index >= 15 is 0 Å². The van der Waals surface area contributed by atoms with Crippen molar-refractivity contribution in [3.8, 4) is 51.7 Å². The molecule has 0 fully saturated rings. The molecule has 0 saturated carbocycles. The number of allylic oxidation sites excluding steroid dienone is 3.